The largest absolute Gasteiger partial charge is 0.396 e. The Morgan fingerprint density at radius 3 is 2.61 bits per heavy atom. The Kier molecular flexibility index (Phi) is 5.03. The highest BCUT2D eigenvalue weighted by Gasteiger charge is 2.26. The summed E-state index contributed by atoms with van der Waals surface area (Å²) >= 11 is 0. The van der Waals surface area contributed by atoms with Gasteiger partial charge in [0.25, 0.3) is 11.5 Å². The monoisotopic (exact) mass is 253 g/mol. The summed E-state index contributed by atoms with van der Waals surface area (Å²) in [6, 6.07) is 0. The summed E-state index contributed by atoms with van der Waals surface area (Å²) in [6.07, 6.45) is 3.89. The molecule has 0 atom stereocenters. The topological polar surface area (TPSA) is 95.1 Å². The van der Waals surface area contributed by atoms with Crippen LogP contribution in [0.25, 0.3) is 0 Å². The van der Waals surface area contributed by atoms with E-state index in [1.165, 1.54) is 6.20 Å². The highest BCUT2D eigenvalue weighted by molar-refractivity contribution is 5.91. The Morgan fingerprint density at radius 1 is 1.50 bits per heavy atom. The molecule has 0 aliphatic rings. The lowest BCUT2D eigenvalue weighted by atomic mass is 9.83. The van der Waals surface area contributed by atoms with Crippen molar-refractivity contribution in [3.05, 3.63) is 28.4 Å². The minimum absolute atomic E-state index is 0.0271. The normalized spacial score (nSPS) is 11.3. The lowest BCUT2D eigenvalue weighted by Gasteiger charge is -2.29. The second-order valence-electron chi connectivity index (χ2n) is 4.34. The van der Waals surface area contributed by atoms with E-state index in [4.69, 9.17) is 0 Å². The molecule has 0 radical (unpaired) electrons. The summed E-state index contributed by atoms with van der Waals surface area (Å²) in [5, 5.41) is 12.1. The molecule has 0 spiro atoms. The summed E-state index contributed by atoms with van der Waals surface area (Å²) in [4.78, 5) is 28.7. The van der Waals surface area contributed by atoms with Gasteiger partial charge in [-0.15, -0.1) is 0 Å². The first kappa shape index (κ1) is 14.4. The summed E-state index contributed by atoms with van der Waals surface area (Å²) in [7, 11) is 0. The molecule has 18 heavy (non-hydrogen) atoms. The van der Waals surface area contributed by atoms with Crippen molar-refractivity contribution < 1.29 is 9.90 Å². The third kappa shape index (κ3) is 3.40. The molecule has 1 amide bonds. The zero-order valence-corrected chi connectivity index (χ0v) is 10.7. The summed E-state index contributed by atoms with van der Waals surface area (Å²) in [5.41, 5.74) is -0.482. The number of aliphatic hydroxyl groups is 1. The van der Waals surface area contributed by atoms with E-state index in [0.717, 1.165) is 19.0 Å². The van der Waals surface area contributed by atoms with E-state index >= 15 is 0 Å². The van der Waals surface area contributed by atoms with Crippen molar-refractivity contribution >= 4 is 5.91 Å². The minimum atomic E-state index is -0.356. The number of H-pyrrole nitrogens is 1. The van der Waals surface area contributed by atoms with E-state index in [0.29, 0.717) is 6.54 Å². The van der Waals surface area contributed by atoms with Crippen molar-refractivity contribution in [2.75, 3.05) is 13.2 Å². The van der Waals surface area contributed by atoms with Crippen molar-refractivity contribution in [3.8, 4) is 0 Å². The molecule has 0 aliphatic heterocycles. The molecule has 1 aromatic rings. The number of hydrogen-bond acceptors (Lipinski definition) is 4. The van der Waals surface area contributed by atoms with Crippen LogP contribution in [0.4, 0.5) is 0 Å². The quantitative estimate of drug-likeness (QED) is 0.679. The Balaban J connectivity index is 2.65. The zero-order chi connectivity index (χ0) is 13.6. The lowest BCUT2D eigenvalue weighted by Crippen LogP contribution is -2.39. The van der Waals surface area contributed by atoms with Gasteiger partial charge in [-0.05, 0) is 12.8 Å². The van der Waals surface area contributed by atoms with Crippen molar-refractivity contribution in [2.45, 2.75) is 26.7 Å². The van der Waals surface area contributed by atoms with Crippen LogP contribution >= 0.6 is 0 Å². The molecule has 0 fully saturated rings. The number of carbonyl (C=O) groups is 1. The number of rotatable bonds is 6. The molecule has 1 rings (SSSR count). The summed E-state index contributed by atoms with van der Waals surface area (Å²) in [5.74, 6) is -0.356. The molecule has 0 aromatic carbocycles. The molecule has 100 valence electrons. The maximum absolute atomic E-state index is 11.8. The van der Waals surface area contributed by atoms with E-state index < -0.39 is 0 Å². The maximum Gasteiger partial charge on any atom is 0.271 e. The molecular weight excluding hydrogens is 234 g/mol. The maximum atomic E-state index is 11.8. The smallest absolute Gasteiger partial charge is 0.271 e. The van der Waals surface area contributed by atoms with Gasteiger partial charge in [-0.1, -0.05) is 13.8 Å². The highest BCUT2D eigenvalue weighted by atomic mass is 16.3. The molecule has 0 saturated carbocycles. The first-order chi connectivity index (χ1) is 8.56. The number of carbonyl (C=O) groups excluding carboxylic acids is 1. The van der Waals surface area contributed by atoms with Crippen molar-refractivity contribution in [1.82, 2.24) is 15.3 Å². The molecule has 0 unspecified atom stereocenters. The van der Waals surface area contributed by atoms with Gasteiger partial charge in [0, 0.05) is 18.2 Å². The van der Waals surface area contributed by atoms with Gasteiger partial charge in [0.2, 0.25) is 0 Å². The van der Waals surface area contributed by atoms with E-state index in [2.05, 4.69) is 15.3 Å². The number of amides is 1. The fourth-order valence-electron chi connectivity index (χ4n) is 1.60. The van der Waals surface area contributed by atoms with Crippen LogP contribution in [-0.2, 0) is 0 Å². The average Bonchev–Trinajstić information content (AvgIpc) is 2.41. The van der Waals surface area contributed by atoms with Crippen LogP contribution in [0.1, 0.15) is 37.2 Å². The average molecular weight is 253 g/mol. The van der Waals surface area contributed by atoms with E-state index in [1.54, 1.807) is 0 Å². The Bertz CT molecular complexity index is 423. The number of aromatic nitrogens is 2. The van der Waals surface area contributed by atoms with Crippen LogP contribution in [-0.4, -0.2) is 34.1 Å². The van der Waals surface area contributed by atoms with Gasteiger partial charge >= 0.3 is 0 Å². The molecule has 0 saturated heterocycles. The van der Waals surface area contributed by atoms with Crippen molar-refractivity contribution in [2.24, 2.45) is 5.41 Å². The number of nitrogens with zero attached hydrogens (tertiary/aromatic N) is 1. The van der Waals surface area contributed by atoms with Crippen LogP contribution < -0.4 is 10.9 Å². The summed E-state index contributed by atoms with van der Waals surface area (Å²) in [6.45, 7) is 4.36. The molecule has 0 bridgehead atoms. The van der Waals surface area contributed by atoms with Crippen LogP contribution in [0.5, 0.6) is 0 Å². The van der Waals surface area contributed by atoms with Gasteiger partial charge in [0.05, 0.1) is 12.8 Å². The molecule has 0 aliphatic carbocycles. The van der Waals surface area contributed by atoms with Crippen LogP contribution in [0, 0.1) is 5.41 Å². The van der Waals surface area contributed by atoms with Crippen LogP contribution in [0.15, 0.2) is 17.2 Å². The highest BCUT2D eigenvalue weighted by Crippen LogP contribution is 2.24. The molecular formula is C12H19N3O3. The van der Waals surface area contributed by atoms with Crippen LogP contribution in [0.3, 0.4) is 0 Å². The van der Waals surface area contributed by atoms with Gasteiger partial charge in [-0.3, -0.25) is 9.59 Å². The first-order valence-corrected chi connectivity index (χ1v) is 6.00. The second kappa shape index (κ2) is 6.30. The molecule has 6 nitrogen and oxygen atoms in total. The first-order valence-electron chi connectivity index (χ1n) is 6.00. The zero-order valence-electron chi connectivity index (χ0n) is 10.7. The number of nitrogens with one attached hydrogen (secondary N) is 2. The fourth-order valence-corrected chi connectivity index (χ4v) is 1.60. The van der Waals surface area contributed by atoms with E-state index in [1.807, 2.05) is 13.8 Å². The second-order valence-corrected chi connectivity index (χ2v) is 4.34. The van der Waals surface area contributed by atoms with Crippen LogP contribution in [0.2, 0.25) is 0 Å². The van der Waals surface area contributed by atoms with Gasteiger partial charge in [0.15, 0.2) is 0 Å². The SMILES string of the molecule is CCC(CC)(CO)CNC(=O)c1c[nH]c(=O)cn1. The Morgan fingerprint density at radius 2 is 2.17 bits per heavy atom. The fraction of sp³-hybridized carbons (Fsp3) is 0.583. The predicted molar refractivity (Wildman–Crippen MR) is 67.3 cm³/mol. The number of hydrogen-bond donors (Lipinski definition) is 3. The van der Waals surface area contributed by atoms with Crippen molar-refractivity contribution in [1.29, 1.82) is 0 Å². The molecule has 6 heteroatoms. The predicted octanol–water partition coefficient (Wildman–Crippen LogP) is 0.298. The molecule has 1 aromatic heterocycles. The number of aromatic amines is 1. The number of aliphatic hydroxyl groups excluding tert-OH is 1. The lowest BCUT2D eigenvalue weighted by molar-refractivity contribution is 0.0846. The van der Waals surface area contributed by atoms with Gasteiger partial charge in [-0.25, -0.2) is 4.98 Å². The van der Waals surface area contributed by atoms with Gasteiger partial charge in [-0.2, -0.15) is 0 Å². The van der Waals surface area contributed by atoms with E-state index in [-0.39, 0.29) is 29.2 Å². The molecule has 3 N–H and O–H groups in total. The Hall–Kier alpha value is -1.69. The van der Waals surface area contributed by atoms with Crippen molar-refractivity contribution in [3.63, 3.8) is 0 Å². The third-order valence-corrected chi connectivity index (χ3v) is 3.36. The summed E-state index contributed by atoms with van der Waals surface area (Å²) < 4.78 is 0. The van der Waals surface area contributed by atoms with Gasteiger partial charge < -0.3 is 15.4 Å². The van der Waals surface area contributed by atoms with Gasteiger partial charge in [0.1, 0.15) is 5.69 Å². The Labute approximate surface area is 105 Å². The third-order valence-electron chi connectivity index (χ3n) is 3.36. The minimum Gasteiger partial charge on any atom is -0.396 e. The van der Waals surface area contributed by atoms with E-state index in [9.17, 15) is 14.7 Å². The standard InChI is InChI=1S/C12H19N3O3/c1-3-12(4-2,8-16)7-15-11(18)9-5-14-10(17)6-13-9/h5-6,16H,3-4,7-8H2,1-2H3,(H,14,17)(H,15,18). The molecule has 1 heterocycles.